The third-order valence-corrected chi connectivity index (χ3v) is 3.63. The van der Waals surface area contributed by atoms with E-state index in [0.29, 0.717) is 12.8 Å². The van der Waals surface area contributed by atoms with Gasteiger partial charge in [-0.15, -0.1) is 0 Å². The van der Waals surface area contributed by atoms with Crippen molar-refractivity contribution in [2.75, 3.05) is 6.54 Å². The molecule has 108 valence electrons. The monoisotopic (exact) mass is 270 g/mol. The van der Waals surface area contributed by atoms with E-state index in [2.05, 4.69) is 0 Å². The Kier molecular flexibility index (Phi) is 5.32. The quantitative estimate of drug-likeness (QED) is 0.763. The van der Waals surface area contributed by atoms with Crippen LogP contribution in [0.15, 0.2) is 0 Å². The Morgan fingerprint density at radius 3 is 2.16 bits per heavy atom. The lowest BCUT2D eigenvalue weighted by molar-refractivity contribution is -0.153. The zero-order valence-electron chi connectivity index (χ0n) is 11.5. The Hall–Kier alpha value is -1.59. The molecule has 0 aromatic rings. The second-order valence-electron chi connectivity index (χ2n) is 5.36. The largest absolute Gasteiger partial charge is 0.481 e. The van der Waals surface area contributed by atoms with E-state index in [9.17, 15) is 19.5 Å². The van der Waals surface area contributed by atoms with Crippen LogP contribution < -0.4 is 5.73 Å². The van der Waals surface area contributed by atoms with E-state index in [1.807, 2.05) is 0 Å². The van der Waals surface area contributed by atoms with E-state index < -0.39 is 23.7 Å². The number of hydrogen-bond acceptors (Lipinski definition) is 3. The first-order valence-corrected chi connectivity index (χ1v) is 6.66. The van der Waals surface area contributed by atoms with Crippen LogP contribution in [0.4, 0.5) is 0 Å². The molecule has 6 nitrogen and oxygen atoms in total. The van der Waals surface area contributed by atoms with Gasteiger partial charge in [0.15, 0.2) is 0 Å². The summed E-state index contributed by atoms with van der Waals surface area (Å²) in [5.41, 5.74) is 5.14. The zero-order chi connectivity index (χ0) is 14.6. The summed E-state index contributed by atoms with van der Waals surface area (Å²) >= 11 is 0. The number of nitrogens with zero attached hydrogens (tertiary/aromatic N) is 1. The number of carbonyl (C=O) groups is 3. The molecule has 2 atom stereocenters. The SMILES string of the molecule is CC(C)N(CC(N)=O)C(=O)[C@@H]1CCCC[C@@H]1C(=O)O. The minimum absolute atomic E-state index is 0.153. The lowest BCUT2D eigenvalue weighted by atomic mass is 9.78. The summed E-state index contributed by atoms with van der Waals surface area (Å²) in [5.74, 6) is -2.95. The van der Waals surface area contributed by atoms with Crippen molar-refractivity contribution >= 4 is 17.8 Å². The van der Waals surface area contributed by atoms with Crippen molar-refractivity contribution in [2.24, 2.45) is 17.6 Å². The van der Waals surface area contributed by atoms with E-state index in [-0.39, 0.29) is 18.5 Å². The van der Waals surface area contributed by atoms with Gasteiger partial charge >= 0.3 is 5.97 Å². The highest BCUT2D eigenvalue weighted by atomic mass is 16.4. The van der Waals surface area contributed by atoms with Crippen LogP contribution in [-0.2, 0) is 14.4 Å². The van der Waals surface area contributed by atoms with Crippen molar-refractivity contribution in [3.05, 3.63) is 0 Å². The van der Waals surface area contributed by atoms with Gasteiger partial charge in [0.2, 0.25) is 11.8 Å². The number of primary amides is 1. The summed E-state index contributed by atoms with van der Waals surface area (Å²) in [5, 5.41) is 9.20. The molecular formula is C13H22N2O4. The highest BCUT2D eigenvalue weighted by molar-refractivity contribution is 5.88. The fourth-order valence-electron chi connectivity index (χ4n) is 2.62. The number of carbonyl (C=O) groups excluding carboxylic acids is 2. The number of carboxylic acid groups (broad SMARTS) is 1. The van der Waals surface area contributed by atoms with Crippen molar-refractivity contribution in [2.45, 2.75) is 45.6 Å². The molecule has 3 N–H and O–H groups in total. The molecule has 0 spiro atoms. The third-order valence-electron chi connectivity index (χ3n) is 3.63. The molecule has 0 aromatic heterocycles. The molecule has 0 unspecified atom stereocenters. The van der Waals surface area contributed by atoms with Crippen molar-refractivity contribution in [1.82, 2.24) is 4.90 Å². The average molecular weight is 270 g/mol. The van der Waals surface area contributed by atoms with Gasteiger partial charge in [-0.05, 0) is 26.7 Å². The smallest absolute Gasteiger partial charge is 0.307 e. The van der Waals surface area contributed by atoms with E-state index in [1.165, 1.54) is 4.90 Å². The molecule has 2 amide bonds. The maximum atomic E-state index is 12.4. The predicted octanol–water partition coefficient (Wildman–Crippen LogP) is 0.600. The first-order valence-electron chi connectivity index (χ1n) is 6.66. The zero-order valence-corrected chi connectivity index (χ0v) is 11.5. The fraction of sp³-hybridized carbons (Fsp3) is 0.769. The van der Waals surface area contributed by atoms with E-state index in [0.717, 1.165) is 12.8 Å². The van der Waals surface area contributed by atoms with Crippen LogP contribution in [0.25, 0.3) is 0 Å². The van der Waals surface area contributed by atoms with Crippen LogP contribution in [0, 0.1) is 11.8 Å². The summed E-state index contributed by atoms with van der Waals surface area (Å²) in [4.78, 5) is 36.1. The summed E-state index contributed by atoms with van der Waals surface area (Å²) in [7, 11) is 0. The molecular weight excluding hydrogens is 248 g/mol. The van der Waals surface area contributed by atoms with Gasteiger partial charge < -0.3 is 15.7 Å². The Balaban J connectivity index is 2.87. The fourth-order valence-corrected chi connectivity index (χ4v) is 2.62. The van der Waals surface area contributed by atoms with Gasteiger partial charge in [0.1, 0.15) is 0 Å². The number of rotatable bonds is 5. The number of amides is 2. The second kappa shape index (κ2) is 6.54. The van der Waals surface area contributed by atoms with Crippen molar-refractivity contribution < 1.29 is 19.5 Å². The summed E-state index contributed by atoms with van der Waals surface area (Å²) in [6.07, 6.45) is 2.77. The second-order valence-corrected chi connectivity index (χ2v) is 5.36. The lowest BCUT2D eigenvalue weighted by Crippen LogP contribution is -2.48. The Morgan fingerprint density at radius 1 is 1.21 bits per heavy atom. The molecule has 6 heteroatoms. The minimum atomic E-state index is -0.930. The van der Waals surface area contributed by atoms with Crippen LogP contribution in [0.3, 0.4) is 0 Å². The standard InChI is InChI=1S/C13H22N2O4/c1-8(2)15(7-11(14)16)12(17)9-5-3-4-6-10(9)13(18)19/h8-10H,3-7H2,1-2H3,(H2,14,16)(H,18,19)/t9-,10+/m1/s1. The van der Waals surface area contributed by atoms with Gasteiger partial charge in [0, 0.05) is 6.04 Å². The van der Waals surface area contributed by atoms with Crippen molar-refractivity contribution in [3.63, 3.8) is 0 Å². The highest BCUT2D eigenvalue weighted by Crippen LogP contribution is 2.32. The molecule has 1 fully saturated rings. The molecule has 19 heavy (non-hydrogen) atoms. The van der Waals surface area contributed by atoms with E-state index >= 15 is 0 Å². The Bertz CT molecular complexity index is 368. The molecule has 0 aromatic carbocycles. The number of aliphatic carboxylic acids is 1. The maximum absolute atomic E-state index is 12.4. The van der Waals surface area contributed by atoms with Gasteiger partial charge in [-0.3, -0.25) is 14.4 Å². The number of nitrogens with two attached hydrogens (primary N) is 1. The molecule has 1 aliphatic rings. The summed E-state index contributed by atoms with van der Waals surface area (Å²) in [6, 6.07) is -0.170. The lowest BCUT2D eigenvalue weighted by Gasteiger charge is -2.34. The predicted molar refractivity (Wildman–Crippen MR) is 69.1 cm³/mol. The topological polar surface area (TPSA) is 101 Å². The van der Waals surface area contributed by atoms with Crippen LogP contribution in [0.1, 0.15) is 39.5 Å². The van der Waals surface area contributed by atoms with Crippen LogP contribution in [0.5, 0.6) is 0 Å². The molecule has 0 saturated heterocycles. The van der Waals surface area contributed by atoms with Gasteiger partial charge in [0.05, 0.1) is 18.4 Å². The minimum Gasteiger partial charge on any atom is -0.481 e. The summed E-state index contributed by atoms with van der Waals surface area (Å²) < 4.78 is 0. The molecule has 1 aliphatic carbocycles. The first kappa shape index (κ1) is 15.5. The van der Waals surface area contributed by atoms with E-state index in [4.69, 9.17) is 5.73 Å². The maximum Gasteiger partial charge on any atom is 0.307 e. The van der Waals surface area contributed by atoms with Crippen molar-refractivity contribution in [1.29, 1.82) is 0 Å². The summed E-state index contributed by atoms with van der Waals surface area (Å²) in [6.45, 7) is 3.43. The molecule has 0 aliphatic heterocycles. The first-order chi connectivity index (χ1) is 8.84. The van der Waals surface area contributed by atoms with Crippen LogP contribution in [0.2, 0.25) is 0 Å². The van der Waals surface area contributed by atoms with Gasteiger partial charge in [-0.25, -0.2) is 0 Å². The third kappa shape index (κ3) is 3.94. The van der Waals surface area contributed by atoms with Gasteiger partial charge in [0.25, 0.3) is 0 Å². The molecule has 1 rings (SSSR count). The molecule has 1 saturated carbocycles. The highest BCUT2D eigenvalue weighted by Gasteiger charge is 2.38. The van der Waals surface area contributed by atoms with Crippen LogP contribution in [-0.4, -0.2) is 40.4 Å². The van der Waals surface area contributed by atoms with E-state index in [1.54, 1.807) is 13.8 Å². The average Bonchev–Trinajstić information content (AvgIpc) is 2.34. The van der Waals surface area contributed by atoms with Gasteiger partial charge in [-0.1, -0.05) is 12.8 Å². The van der Waals surface area contributed by atoms with Crippen LogP contribution >= 0.6 is 0 Å². The molecule has 0 bridgehead atoms. The Labute approximate surface area is 112 Å². The van der Waals surface area contributed by atoms with Gasteiger partial charge in [-0.2, -0.15) is 0 Å². The molecule has 0 radical (unpaired) electrons. The number of carboxylic acids is 1. The Morgan fingerprint density at radius 2 is 1.74 bits per heavy atom. The number of hydrogen-bond donors (Lipinski definition) is 2. The normalized spacial score (nSPS) is 23.1. The molecule has 0 heterocycles. The van der Waals surface area contributed by atoms with Crippen molar-refractivity contribution in [3.8, 4) is 0 Å².